The van der Waals surface area contributed by atoms with Crippen molar-refractivity contribution >= 4 is 41.6 Å². The van der Waals surface area contributed by atoms with Crippen LogP contribution in [0.3, 0.4) is 0 Å². The second-order valence-corrected chi connectivity index (χ2v) is 13.2. The number of aliphatic hydroxyl groups is 1. The van der Waals surface area contributed by atoms with Crippen molar-refractivity contribution in [3.63, 3.8) is 0 Å². The normalized spacial score (nSPS) is 26.8. The van der Waals surface area contributed by atoms with Crippen molar-refractivity contribution in [2.24, 2.45) is 0 Å². The van der Waals surface area contributed by atoms with Crippen molar-refractivity contribution in [1.82, 2.24) is 14.6 Å². The fourth-order valence-corrected chi connectivity index (χ4v) is 6.83. The summed E-state index contributed by atoms with van der Waals surface area (Å²) in [6, 6.07) is 0.0289. The van der Waals surface area contributed by atoms with Crippen molar-refractivity contribution in [3.8, 4) is 0 Å². The molecule has 1 aliphatic rings. The molecule has 13 nitrogen and oxygen atoms in total. The molecule has 0 radical (unpaired) electrons. The molecule has 16 heteroatoms. The Kier molecular flexibility index (Phi) is 10.2. The largest absolute Gasteiger partial charge is 0.468 e. The highest BCUT2D eigenvalue weighted by molar-refractivity contribution is 8.56. The lowest BCUT2D eigenvalue weighted by atomic mass is 10.0. The SMILES string of the molecule is COC(=O)CSP(=O)(N[C@H](C)C(=O)OC(C)C)OC[C@H]1O[C@@H](n2ccc(=O)[nH]c2=O)[C@](C)(Cl)[C@@H]1O. The van der Waals surface area contributed by atoms with Gasteiger partial charge in [-0.3, -0.25) is 28.5 Å². The number of carbonyl (C=O) groups excluding carboxylic acids is 2. The van der Waals surface area contributed by atoms with Gasteiger partial charge in [-0.2, -0.15) is 0 Å². The summed E-state index contributed by atoms with van der Waals surface area (Å²) in [5, 5.41) is 13.3. The Labute approximate surface area is 210 Å². The second kappa shape index (κ2) is 12.0. The fourth-order valence-electron chi connectivity index (χ4n) is 3.07. The number of methoxy groups -OCH3 is 1. The molecule has 1 fully saturated rings. The molecule has 1 aliphatic heterocycles. The van der Waals surface area contributed by atoms with Crippen LogP contribution in [-0.4, -0.2) is 75.3 Å². The predicted octanol–water partition coefficient (Wildman–Crippen LogP) is 0.753. The highest BCUT2D eigenvalue weighted by atomic mass is 35.5. The molecule has 0 aliphatic carbocycles. The minimum absolute atomic E-state index is 0.358. The van der Waals surface area contributed by atoms with Crippen molar-refractivity contribution in [1.29, 1.82) is 0 Å². The van der Waals surface area contributed by atoms with E-state index in [0.717, 1.165) is 17.7 Å². The summed E-state index contributed by atoms with van der Waals surface area (Å²) >= 11 is 7.06. The molecular weight excluding hydrogens is 529 g/mol. The lowest BCUT2D eigenvalue weighted by Gasteiger charge is -2.26. The van der Waals surface area contributed by atoms with Crippen LogP contribution < -0.4 is 16.3 Å². The summed E-state index contributed by atoms with van der Waals surface area (Å²) in [5.41, 5.74) is -1.43. The number of H-pyrrole nitrogens is 1. The number of aromatic amines is 1. The summed E-state index contributed by atoms with van der Waals surface area (Å²) in [6.45, 7) is 1.70. The summed E-state index contributed by atoms with van der Waals surface area (Å²) in [7, 11) is 1.16. The molecule has 3 N–H and O–H groups in total. The molecule has 2 rings (SSSR count). The van der Waals surface area contributed by atoms with Gasteiger partial charge in [0.1, 0.15) is 28.9 Å². The third-order valence-corrected chi connectivity index (χ3v) is 9.21. The number of halogens is 1. The summed E-state index contributed by atoms with van der Waals surface area (Å²) in [6.07, 6.45) is -2.99. The van der Waals surface area contributed by atoms with E-state index in [1.807, 2.05) is 0 Å². The Bertz CT molecular complexity index is 1080. The lowest BCUT2D eigenvalue weighted by Crippen LogP contribution is -2.43. The van der Waals surface area contributed by atoms with E-state index >= 15 is 0 Å². The van der Waals surface area contributed by atoms with Gasteiger partial charge in [-0.15, -0.1) is 11.6 Å². The van der Waals surface area contributed by atoms with E-state index < -0.39 is 72.0 Å². The molecule has 6 atom stereocenters. The van der Waals surface area contributed by atoms with E-state index in [0.29, 0.717) is 11.4 Å². The number of nitrogens with one attached hydrogen (secondary N) is 2. The van der Waals surface area contributed by atoms with Crippen LogP contribution in [0.4, 0.5) is 0 Å². The molecule has 1 saturated heterocycles. The van der Waals surface area contributed by atoms with Gasteiger partial charge in [0.05, 0.1) is 19.8 Å². The maximum absolute atomic E-state index is 13.5. The number of carbonyl (C=O) groups is 2. The van der Waals surface area contributed by atoms with E-state index in [1.165, 1.54) is 20.0 Å². The van der Waals surface area contributed by atoms with Gasteiger partial charge in [0.25, 0.3) is 5.56 Å². The van der Waals surface area contributed by atoms with Gasteiger partial charge in [0.2, 0.25) is 0 Å². The van der Waals surface area contributed by atoms with Gasteiger partial charge in [-0.1, -0.05) is 0 Å². The number of ether oxygens (including phenoxy) is 3. The van der Waals surface area contributed by atoms with Crippen LogP contribution in [0.15, 0.2) is 21.9 Å². The highest BCUT2D eigenvalue weighted by Crippen LogP contribution is 2.57. The van der Waals surface area contributed by atoms with Crippen molar-refractivity contribution in [2.45, 2.75) is 63.2 Å². The van der Waals surface area contributed by atoms with Gasteiger partial charge in [0.15, 0.2) is 6.23 Å². The Morgan fingerprint density at radius 1 is 1.40 bits per heavy atom. The Balaban J connectivity index is 2.19. The first-order valence-electron chi connectivity index (χ1n) is 10.5. The van der Waals surface area contributed by atoms with Crippen LogP contribution in [0.5, 0.6) is 0 Å². The second-order valence-electron chi connectivity index (χ2n) is 8.12. The molecule has 0 bridgehead atoms. The molecule has 1 unspecified atom stereocenters. The number of esters is 2. The molecule has 35 heavy (non-hydrogen) atoms. The zero-order valence-corrected chi connectivity index (χ0v) is 22.2. The predicted molar refractivity (Wildman–Crippen MR) is 127 cm³/mol. The third kappa shape index (κ3) is 7.66. The molecule has 1 aromatic rings. The summed E-state index contributed by atoms with van der Waals surface area (Å²) in [4.78, 5) is 47.9. The zero-order valence-electron chi connectivity index (χ0n) is 19.8. The Morgan fingerprint density at radius 2 is 2.06 bits per heavy atom. The van der Waals surface area contributed by atoms with Gasteiger partial charge >= 0.3 is 24.3 Å². The standard InChI is InChI=1S/C19H29ClN3O10PS/c1-10(2)32-16(27)11(3)22-34(29,35-9-14(25)30-5)31-8-12-15(26)19(4,20)17(33-12)23-7-6-13(24)21-18(23)28/h6-7,10-12,15,17,26H,8-9H2,1-5H3,(H,22,29)(H,21,24,28)/t11-,12-,15-,17-,19-,34?/m1/s1. The first kappa shape index (κ1) is 29.6. The minimum Gasteiger partial charge on any atom is -0.468 e. The van der Waals surface area contributed by atoms with Crippen LogP contribution in [0.1, 0.15) is 33.9 Å². The molecule has 0 aromatic carbocycles. The van der Waals surface area contributed by atoms with E-state index in [1.54, 1.807) is 13.8 Å². The van der Waals surface area contributed by atoms with E-state index in [9.17, 15) is 28.8 Å². The van der Waals surface area contributed by atoms with Crippen molar-refractivity contribution < 1.29 is 38.0 Å². The molecule has 0 spiro atoms. The fraction of sp³-hybridized carbons (Fsp3) is 0.684. The van der Waals surface area contributed by atoms with Crippen LogP contribution in [-0.2, 0) is 32.9 Å². The zero-order chi connectivity index (χ0) is 26.6. The number of alkyl halides is 1. The van der Waals surface area contributed by atoms with Crippen LogP contribution >= 0.6 is 29.7 Å². The van der Waals surface area contributed by atoms with Crippen LogP contribution in [0, 0.1) is 0 Å². The summed E-state index contributed by atoms with van der Waals surface area (Å²) < 4.78 is 35.4. The molecule has 198 valence electrons. The van der Waals surface area contributed by atoms with Crippen LogP contribution in [0.25, 0.3) is 0 Å². The Morgan fingerprint density at radius 3 is 2.63 bits per heavy atom. The van der Waals surface area contributed by atoms with Crippen molar-refractivity contribution in [3.05, 3.63) is 33.1 Å². The molecule has 2 heterocycles. The molecule has 0 amide bonds. The van der Waals surface area contributed by atoms with E-state index in [2.05, 4.69) is 14.8 Å². The highest BCUT2D eigenvalue weighted by Gasteiger charge is 2.54. The number of aliphatic hydroxyl groups excluding tert-OH is 1. The van der Waals surface area contributed by atoms with Gasteiger partial charge in [-0.05, 0) is 39.1 Å². The number of hydrogen-bond donors (Lipinski definition) is 3. The van der Waals surface area contributed by atoms with Gasteiger partial charge in [0, 0.05) is 12.3 Å². The minimum atomic E-state index is -3.95. The topological polar surface area (TPSA) is 175 Å². The molecule has 1 aromatic heterocycles. The average Bonchev–Trinajstić information content (AvgIpc) is 2.99. The van der Waals surface area contributed by atoms with Gasteiger partial charge in [-0.25, -0.2) is 9.88 Å². The quantitative estimate of drug-likeness (QED) is 0.198. The molecular formula is C19H29ClN3O10PS. The third-order valence-electron chi connectivity index (χ3n) is 4.87. The first-order chi connectivity index (χ1) is 16.2. The maximum atomic E-state index is 13.5. The maximum Gasteiger partial charge on any atom is 0.330 e. The number of aromatic nitrogens is 2. The smallest absolute Gasteiger partial charge is 0.330 e. The monoisotopic (exact) mass is 557 g/mol. The number of rotatable bonds is 11. The average molecular weight is 558 g/mol. The Hall–Kier alpha value is -1.67. The van der Waals surface area contributed by atoms with Gasteiger partial charge < -0.3 is 23.8 Å². The van der Waals surface area contributed by atoms with E-state index in [-0.39, 0.29) is 5.75 Å². The van der Waals surface area contributed by atoms with E-state index in [4.69, 9.17) is 25.6 Å². The van der Waals surface area contributed by atoms with Crippen molar-refractivity contribution in [2.75, 3.05) is 19.5 Å². The summed E-state index contributed by atoms with van der Waals surface area (Å²) in [5.74, 6) is -1.73. The number of hydrogen-bond acceptors (Lipinski definition) is 11. The number of nitrogens with zero attached hydrogens (tertiary/aromatic N) is 1. The van der Waals surface area contributed by atoms with Crippen LogP contribution in [0.2, 0.25) is 0 Å². The lowest BCUT2D eigenvalue weighted by molar-refractivity contribution is -0.149. The molecule has 0 saturated carbocycles. The first-order valence-corrected chi connectivity index (χ1v) is 14.1.